The second-order valence-electron chi connectivity index (χ2n) is 7.92. The molecule has 27 heavy (non-hydrogen) atoms. The summed E-state index contributed by atoms with van der Waals surface area (Å²) >= 11 is 0. The number of hydrogen-bond donors (Lipinski definition) is 1. The van der Waals surface area contributed by atoms with E-state index in [2.05, 4.69) is 5.32 Å². The molecule has 0 radical (unpaired) electrons. The fraction of sp³-hybridized carbons (Fsp3) is 0.600. The van der Waals surface area contributed by atoms with E-state index in [0.29, 0.717) is 31.9 Å². The second kappa shape index (κ2) is 7.13. The molecule has 7 nitrogen and oxygen atoms in total. The molecule has 0 aromatic heterocycles. The summed E-state index contributed by atoms with van der Waals surface area (Å²) in [5, 5.41) is 3.04. The molecule has 0 atom stereocenters. The van der Waals surface area contributed by atoms with Crippen molar-refractivity contribution in [2.24, 2.45) is 0 Å². The Morgan fingerprint density at radius 3 is 2.41 bits per heavy atom. The predicted molar refractivity (Wildman–Crippen MR) is 99.4 cm³/mol. The van der Waals surface area contributed by atoms with Crippen LogP contribution in [-0.4, -0.2) is 48.8 Å². The quantitative estimate of drug-likeness (QED) is 0.800. The van der Waals surface area contributed by atoms with E-state index in [1.54, 1.807) is 4.90 Å². The Morgan fingerprint density at radius 2 is 1.85 bits per heavy atom. The minimum Gasteiger partial charge on any atom is -0.444 e. The number of benzene rings is 1. The first kappa shape index (κ1) is 19.6. The normalized spacial score (nSPS) is 17.7. The van der Waals surface area contributed by atoms with E-state index in [1.807, 2.05) is 52.8 Å². The molecular weight excluding hydrogens is 348 g/mol. The van der Waals surface area contributed by atoms with Crippen LogP contribution in [0.5, 0.6) is 0 Å². The average molecular weight is 376 g/mol. The van der Waals surface area contributed by atoms with E-state index in [0.717, 1.165) is 11.1 Å². The number of rotatable bonds is 5. The van der Waals surface area contributed by atoms with Gasteiger partial charge < -0.3 is 24.4 Å². The summed E-state index contributed by atoms with van der Waals surface area (Å²) in [5.74, 6) is -0.137. The van der Waals surface area contributed by atoms with Gasteiger partial charge in [0, 0.05) is 24.3 Å². The molecule has 1 saturated heterocycles. The first-order valence-corrected chi connectivity index (χ1v) is 9.37. The van der Waals surface area contributed by atoms with E-state index >= 15 is 0 Å². The Labute approximate surface area is 160 Å². The highest BCUT2D eigenvalue weighted by molar-refractivity contribution is 6.00. The molecule has 1 spiro atoms. The van der Waals surface area contributed by atoms with Gasteiger partial charge in [-0.1, -0.05) is 12.1 Å². The monoisotopic (exact) mass is 376 g/mol. The van der Waals surface area contributed by atoms with Crippen molar-refractivity contribution in [1.82, 2.24) is 10.2 Å². The first-order chi connectivity index (χ1) is 12.7. The molecule has 1 fully saturated rings. The number of carbonyl (C=O) groups is 2. The molecule has 0 saturated carbocycles. The van der Waals surface area contributed by atoms with Crippen LogP contribution >= 0.6 is 0 Å². The van der Waals surface area contributed by atoms with Crippen molar-refractivity contribution < 1.29 is 23.8 Å². The molecule has 2 amide bonds. The molecule has 0 unspecified atom stereocenters. The number of carbonyl (C=O) groups excluding carboxylic acids is 2. The van der Waals surface area contributed by atoms with Crippen LogP contribution in [0.25, 0.3) is 0 Å². The van der Waals surface area contributed by atoms with E-state index in [9.17, 15) is 9.59 Å². The highest BCUT2D eigenvalue weighted by Crippen LogP contribution is 2.40. The summed E-state index contributed by atoms with van der Waals surface area (Å²) in [6, 6.07) is 5.68. The van der Waals surface area contributed by atoms with E-state index in [-0.39, 0.29) is 12.0 Å². The number of nitrogens with zero attached hydrogens (tertiary/aromatic N) is 1. The predicted octanol–water partition coefficient (Wildman–Crippen LogP) is 2.95. The lowest BCUT2D eigenvalue weighted by Crippen LogP contribution is -2.66. The SMILES string of the molecule is CCOC(OCC)c1ccc2c(c1)C(=O)NC21CN(C(=O)OC(C)(C)C)C1. The summed E-state index contributed by atoms with van der Waals surface area (Å²) in [6.45, 7) is 11.2. The molecule has 7 heteroatoms. The van der Waals surface area contributed by atoms with Crippen molar-refractivity contribution in [1.29, 1.82) is 0 Å². The molecule has 1 aromatic carbocycles. The van der Waals surface area contributed by atoms with Crippen LogP contribution in [0.4, 0.5) is 4.79 Å². The smallest absolute Gasteiger partial charge is 0.410 e. The van der Waals surface area contributed by atoms with Gasteiger partial charge in [0.25, 0.3) is 5.91 Å². The van der Waals surface area contributed by atoms with Crippen molar-refractivity contribution in [3.05, 3.63) is 34.9 Å². The van der Waals surface area contributed by atoms with Crippen LogP contribution in [-0.2, 0) is 19.7 Å². The minimum atomic E-state index is -0.543. The fourth-order valence-electron chi connectivity index (χ4n) is 3.52. The Hall–Kier alpha value is -2.12. The number of amides is 2. The highest BCUT2D eigenvalue weighted by Gasteiger charge is 2.53. The Morgan fingerprint density at radius 1 is 1.22 bits per heavy atom. The summed E-state index contributed by atoms with van der Waals surface area (Å²) < 4.78 is 16.7. The van der Waals surface area contributed by atoms with Gasteiger partial charge in [0.05, 0.1) is 13.1 Å². The highest BCUT2D eigenvalue weighted by atomic mass is 16.7. The van der Waals surface area contributed by atoms with Gasteiger partial charge in [0.15, 0.2) is 6.29 Å². The molecule has 3 rings (SSSR count). The zero-order chi connectivity index (χ0) is 19.8. The van der Waals surface area contributed by atoms with Gasteiger partial charge in [-0.3, -0.25) is 4.79 Å². The molecular formula is C20H28N2O5. The van der Waals surface area contributed by atoms with Gasteiger partial charge in [-0.25, -0.2) is 4.79 Å². The topological polar surface area (TPSA) is 77.1 Å². The number of ether oxygens (including phenoxy) is 3. The van der Waals surface area contributed by atoms with Crippen LogP contribution in [0.3, 0.4) is 0 Å². The lowest BCUT2D eigenvalue weighted by atomic mass is 9.83. The minimum absolute atomic E-state index is 0.137. The third kappa shape index (κ3) is 3.80. The average Bonchev–Trinajstić information content (AvgIpc) is 2.84. The van der Waals surface area contributed by atoms with Crippen molar-refractivity contribution in [3.63, 3.8) is 0 Å². The van der Waals surface area contributed by atoms with Crippen LogP contribution in [0.1, 0.15) is 62.4 Å². The molecule has 0 aliphatic carbocycles. The van der Waals surface area contributed by atoms with Crippen LogP contribution in [0, 0.1) is 0 Å². The lowest BCUT2D eigenvalue weighted by Gasteiger charge is -2.48. The fourth-order valence-corrected chi connectivity index (χ4v) is 3.52. The van der Waals surface area contributed by atoms with E-state index in [1.165, 1.54) is 0 Å². The molecule has 0 bridgehead atoms. The summed E-state index contributed by atoms with van der Waals surface area (Å²) in [6.07, 6.45) is -0.852. The molecule has 2 aliphatic rings. The molecule has 2 aliphatic heterocycles. The third-order valence-electron chi connectivity index (χ3n) is 4.64. The molecule has 148 valence electrons. The van der Waals surface area contributed by atoms with Gasteiger partial charge in [0.1, 0.15) is 11.1 Å². The zero-order valence-electron chi connectivity index (χ0n) is 16.6. The third-order valence-corrected chi connectivity index (χ3v) is 4.64. The second-order valence-corrected chi connectivity index (χ2v) is 7.92. The maximum Gasteiger partial charge on any atom is 0.410 e. The van der Waals surface area contributed by atoms with Crippen molar-refractivity contribution >= 4 is 12.0 Å². The maximum atomic E-state index is 12.5. The summed E-state index contributed by atoms with van der Waals surface area (Å²) in [5.41, 5.74) is 1.25. The summed E-state index contributed by atoms with van der Waals surface area (Å²) in [7, 11) is 0. The Balaban J connectivity index is 1.77. The van der Waals surface area contributed by atoms with E-state index in [4.69, 9.17) is 14.2 Å². The van der Waals surface area contributed by atoms with Gasteiger partial charge in [-0.05, 0) is 46.2 Å². The van der Waals surface area contributed by atoms with Crippen molar-refractivity contribution in [2.45, 2.75) is 52.0 Å². The molecule has 2 heterocycles. The first-order valence-electron chi connectivity index (χ1n) is 9.37. The van der Waals surface area contributed by atoms with Crippen LogP contribution < -0.4 is 5.32 Å². The van der Waals surface area contributed by atoms with Gasteiger partial charge in [-0.15, -0.1) is 0 Å². The van der Waals surface area contributed by atoms with Crippen LogP contribution in [0.15, 0.2) is 18.2 Å². The van der Waals surface area contributed by atoms with Gasteiger partial charge >= 0.3 is 6.09 Å². The largest absolute Gasteiger partial charge is 0.444 e. The maximum absolute atomic E-state index is 12.5. The lowest BCUT2D eigenvalue weighted by molar-refractivity contribution is -0.140. The standard InChI is InChI=1S/C20H28N2O5/c1-6-25-17(26-7-2)13-8-9-15-14(10-13)16(23)21-20(15)11-22(12-20)18(24)27-19(3,4)5/h8-10,17H,6-7,11-12H2,1-5H3,(H,21,23). The number of hydrogen-bond acceptors (Lipinski definition) is 5. The van der Waals surface area contributed by atoms with Crippen molar-refractivity contribution in [3.8, 4) is 0 Å². The summed E-state index contributed by atoms with van der Waals surface area (Å²) in [4.78, 5) is 26.4. The number of likely N-dealkylation sites (tertiary alicyclic amines) is 1. The number of fused-ring (bicyclic) bond motifs is 2. The number of nitrogens with one attached hydrogen (secondary N) is 1. The van der Waals surface area contributed by atoms with Crippen molar-refractivity contribution in [2.75, 3.05) is 26.3 Å². The van der Waals surface area contributed by atoms with Gasteiger partial charge in [0.2, 0.25) is 0 Å². The zero-order valence-corrected chi connectivity index (χ0v) is 16.6. The Kier molecular flexibility index (Phi) is 5.18. The molecule has 1 N–H and O–H groups in total. The van der Waals surface area contributed by atoms with Crippen LogP contribution in [0.2, 0.25) is 0 Å². The van der Waals surface area contributed by atoms with E-state index < -0.39 is 17.4 Å². The molecule has 1 aromatic rings. The Bertz CT molecular complexity index is 728. The van der Waals surface area contributed by atoms with Gasteiger partial charge in [-0.2, -0.15) is 0 Å².